The van der Waals surface area contributed by atoms with Crippen molar-refractivity contribution in [3.05, 3.63) is 29.5 Å². The molecule has 0 bridgehead atoms. The maximum atomic E-state index is 11.0. The Morgan fingerprint density at radius 3 is 2.47 bits per heavy atom. The zero-order valence-corrected chi connectivity index (χ0v) is 9.73. The van der Waals surface area contributed by atoms with E-state index in [2.05, 4.69) is 14.9 Å². The Morgan fingerprint density at radius 1 is 1.21 bits per heavy atom. The number of carbonyl (C=O) groups is 1. The van der Waals surface area contributed by atoms with Crippen molar-refractivity contribution in [1.82, 2.24) is 10.2 Å². The minimum atomic E-state index is -3.43. The first-order valence-corrected chi connectivity index (χ1v) is 5.14. The first-order chi connectivity index (χ1) is 8.76. The molecule has 4 N–H and O–H groups in total. The standard InChI is InChI=1S/C11H10N2O6/c1-5-2-6-3-7(10(14)15)4-8(9(6)13-12-5)19-11(16,17)18/h2-4,16-18H,1H3,(H,14,15). The maximum Gasteiger partial charge on any atom is 0.453 e. The predicted molar refractivity (Wildman–Crippen MR) is 61.2 cm³/mol. The Kier molecular flexibility index (Phi) is 3.06. The fraction of sp³-hybridized carbons (Fsp3) is 0.182. The third-order valence-electron chi connectivity index (χ3n) is 2.27. The lowest BCUT2D eigenvalue weighted by molar-refractivity contribution is -0.419. The third kappa shape index (κ3) is 2.94. The lowest BCUT2D eigenvalue weighted by Crippen LogP contribution is -2.34. The molecule has 1 aromatic heterocycles. The molecule has 2 rings (SSSR count). The van der Waals surface area contributed by atoms with Crippen LogP contribution in [0, 0.1) is 6.92 Å². The zero-order chi connectivity index (χ0) is 14.2. The average Bonchev–Trinajstić information content (AvgIpc) is 2.25. The molecule has 8 heteroatoms. The summed E-state index contributed by atoms with van der Waals surface area (Å²) < 4.78 is 4.45. The van der Waals surface area contributed by atoms with Crippen LogP contribution in [0.1, 0.15) is 16.1 Å². The Balaban J connectivity index is 2.68. The molecular formula is C11H10N2O6. The number of aliphatic hydroxyl groups is 3. The van der Waals surface area contributed by atoms with E-state index in [1.807, 2.05) is 0 Å². The molecule has 0 aliphatic carbocycles. The number of aromatic carboxylic acids is 1. The summed E-state index contributed by atoms with van der Waals surface area (Å²) in [6, 6.07) is 3.89. The summed E-state index contributed by atoms with van der Waals surface area (Å²) in [4.78, 5) is 11.0. The normalized spacial score (nSPS) is 11.6. The van der Waals surface area contributed by atoms with Crippen molar-refractivity contribution in [2.45, 2.75) is 13.1 Å². The van der Waals surface area contributed by atoms with Gasteiger partial charge in [-0.15, -0.1) is 5.10 Å². The van der Waals surface area contributed by atoms with Gasteiger partial charge in [0.15, 0.2) is 5.75 Å². The highest BCUT2D eigenvalue weighted by Crippen LogP contribution is 2.27. The van der Waals surface area contributed by atoms with Gasteiger partial charge in [0.1, 0.15) is 5.52 Å². The quantitative estimate of drug-likeness (QED) is 0.552. The molecule has 1 heterocycles. The number of carboxylic acids is 1. The van der Waals surface area contributed by atoms with Crippen LogP contribution in [0.2, 0.25) is 0 Å². The highest BCUT2D eigenvalue weighted by Gasteiger charge is 2.24. The van der Waals surface area contributed by atoms with E-state index in [0.717, 1.165) is 6.07 Å². The number of rotatable bonds is 3. The van der Waals surface area contributed by atoms with Crippen LogP contribution < -0.4 is 4.74 Å². The molecule has 0 atom stereocenters. The molecule has 0 amide bonds. The molecule has 0 saturated heterocycles. The van der Waals surface area contributed by atoms with Crippen molar-refractivity contribution in [2.24, 2.45) is 0 Å². The highest BCUT2D eigenvalue weighted by atomic mass is 16.9. The van der Waals surface area contributed by atoms with Crippen LogP contribution in [-0.2, 0) is 0 Å². The summed E-state index contributed by atoms with van der Waals surface area (Å²) in [7, 11) is 0. The van der Waals surface area contributed by atoms with Crippen molar-refractivity contribution in [3.8, 4) is 5.75 Å². The van der Waals surface area contributed by atoms with Gasteiger partial charge < -0.3 is 25.2 Å². The Hall–Kier alpha value is -2.29. The van der Waals surface area contributed by atoms with E-state index in [1.165, 1.54) is 6.07 Å². The van der Waals surface area contributed by atoms with Crippen molar-refractivity contribution in [2.75, 3.05) is 0 Å². The molecule has 100 valence electrons. The number of benzene rings is 1. The zero-order valence-electron chi connectivity index (χ0n) is 9.73. The first-order valence-electron chi connectivity index (χ1n) is 5.14. The molecule has 0 fully saturated rings. The Morgan fingerprint density at radius 2 is 1.89 bits per heavy atom. The van der Waals surface area contributed by atoms with Gasteiger partial charge >= 0.3 is 12.1 Å². The molecule has 0 aliphatic heterocycles. The van der Waals surface area contributed by atoms with Gasteiger partial charge in [-0.3, -0.25) is 0 Å². The SMILES string of the molecule is Cc1cc2cc(C(=O)O)cc(OC(O)(O)O)c2nn1. The van der Waals surface area contributed by atoms with Crippen LogP contribution in [-0.4, -0.2) is 42.8 Å². The second kappa shape index (κ2) is 4.43. The second-order valence-electron chi connectivity index (χ2n) is 3.88. The first kappa shape index (κ1) is 13.1. The van der Waals surface area contributed by atoms with Crippen LogP contribution in [0.25, 0.3) is 10.9 Å². The molecule has 1 aromatic carbocycles. The van der Waals surface area contributed by atoms with Crippen LogP contribution in [0.4, 0.5) is 0 Å². The lowest BCUT2D eigenvalue weighted by atomic mass is 10.1. The summed E-state index contributed by atoms with van der Waals surface area (Å²) >= 11 is 0. The van der Waals surface area contributed by atoms with Crippen molar-refractivity contribution < 1.29 is 30.0 Å². The van der Waals surface area contributed by atoms with E-state index >= 15 is 0 Å². The monoisotopic (exact) mass is 266 g/mol. The lowest BCUT2D eigenvalue weighted by Gasteiger charge is -2.16. The van der Waals surface area contributed by atoms with Gasteiger partial charge in [-0.1, -0.05) is 0 Å². The van der Waals surface area contributed by atoms with Crippen molar-refractivity contribution >= 4 is 16.9 Å². The van der Waals surface area contributed by atoms with E-state index in [4.69, 9.17) is 20.4 Å². The molecule has 8 nitrogen and oxygen atoms in total. The molecule has 0 spiro atoms. The molecule has 0 aliphatic rings. The van der Waals surface area contributed by atoms with E-state index in [9.17, 15) is 4.79 Å². The number of hydrogen-bond acceptors (Lipinski definition) is 7. The van der Waals surface area contributed by atoms with E-state index in [-0.39, 0.29) is 16.8 Å². The molecule has 0 unspecified atom stereocenters. The number of ether oxygens (including phenoxy) is 1. The third-order valence-corrected chi connectivity index (χ3v) is 2.27. The molecule has 0 radical (unpaired) electrons. The van der Waals surface area contributed by atoms with Gasteiger partial charge in [-0.25, -0.2) is 4.79 Å². The minimum Gasteiger partial charge on any atom is -0.478 e. The number of fused-ring (bicyclic) bond motifs is 1. The van der Waals surface area contributed by atoms with E-state index in [0.29, 0.717) is 11.1 Å². The smallest absolute Gasteiger partial charge is 0.453 e. The minimum absolute atomic E-state index is 0.0946. The predicted octanol–water partition coefficient (Wildman–Crippen LogP) is -0.397. The fourth-order valence-electron chi connectivity index (χ4n) is 1.58. The van der Waals surface area contributed by atoms with Gasteiger partial charge in [0.05, 0.1) is 11.3 Å². The van der Waals surface area contributed by atoms with Gasteiger partial charge in [-0.05, 0) is 25.1 Å². The summed E-state index contributed by atoms with van der Waals surface area (Å²) in [6.45, 7) is 1.66. The number of nitrogens with zero attached hydrogens (tertiary/aromatic N) is 2. The van der Waals surface area contributed by atoms with Gasteiger partial charge in [0.25, 0.3) is 0 Å². The second-order valence-corrected chi connectivity index (χ2v) is 3.88. The highest BCUT2D eigenvalue weighted by molar-refractivity contribution is 5.95. The van der Waals surface area contributed by atoms with Crippen LogP contribution in [0.15, 0.2) is 18.2 Å². The summed E-state index contributed by atoms with van der Waals surface area (Å²) in [6.07, 6.45) is -3.43. The van der Waals surface area contributed by atoms with Crippen molar-refractivity contribution in [3.63, 3.8) is 0 Å². The van der Waals surface area contributed by atoms with Crippen LogP contribution in [0.5, 0.6) is 5.75 Å². The number of carboxylic acid groups (broad SMARTS) is 1. The van der Waals surface area contributed by atoms with Crippen molar-refractivity contribution in [1.29, 1.82) is 0 Å². The van der Waals surface area contributed by atoms with E-state index in [1.54, 1.807) is 13.0 Å². The largest absolute Gasteiger partial charge is 0.478 e. The number of aryl methyl sites for hydroxylation is 1. The fourth-order valence-corrected chi connectivity index (χ4v) is 1.58. The van der Waals surface area contributed by atoms with Gasteiger partial charge in [0.2, 0.25) is 0 Å². The number of hydrogen-bond donors (Lipinski definition) is 4. The molecule has 2 aromatic rings. The summed E-state index contributed by atoms with van der Waals surface area (Å²) in [5.41, 5.74) is 0.487. The van der Waals surface area contributed by atoms with Gasteiger partial charge in [0, 0.05) is 5.39 Å². The summed E-state index contributed by atoms with van der Waals surface area (Å²) in [5, 5.41) is 43.3. The Bertz CT molecular complexity index is 649. The molecular weight excluding hydrogens is 256 g/mol. The molecule has 0 saturated carbocycles. The molecule has 19 heavy (non-hydrogen) atoms. The number of aromatic nitrogens is 2. The topological polar surface area (TPSA) is 133 Å². The Labute approximate surface area is 106 Å². The van der Waals surface area contributed by atoms with Crippen LogP contribution in [0.3, 0.4) is 0 Å². The summed E-state index contributed by atoms with van der Waals surface area (Å²) in [5.74, 6) is -1.55. The maximum absolute atomic E-state index is 11.0. The van der Waals surface area contributed by atoms with Gasteiger partial charge in [-0.2, -0.15) is 5.10 Å². The van der Waals surface area contributed by atoms with E-state index < -0.39 is 12.1 Å². The average molecular weight is 266 g/mol. The van der Waals surface area contributed by atoms with Crippen LogP contribution >= 0.6 is 0 Å².